The quantitative estimate of drug-likeness (QED) is 0.322. The smallest absolute Gasteiger partial charge is 0.337 e. The number of rotatable bonds is 5. The number of carboxylic acid groups (broad SMARTS) is 1. The van der Waals surface area contributed by atoms with E-state index in [4.69, 9.17) is 15.6 Å². The van der Waals surface area contributed by atoms with Crippen LogP contribution in [-0.2, 0) is 11.3 Å². The van der Waals surface area contributed by atoms with Gasteiger partial charge in [0.1, 0.15) is 5.82 Å². The fourth-order valence-electron chi connectivity index (χ4n) is 5.69. The average molecular weight is 504 g/mol. The van der Waals surface area contributed by atoms with Crippen molar-refractivity contribution in [3.8, 4) is 11.1 Å². The maximum Gasteiger partial charge on any atom is 0.337 e. The lowest BCUT2D eigenvalue weighted by molar-refractivity contribution is 0.0698. The van der Waals surface area contributed by atoms with Gasteiger partial charge in [-0.25, -0.2) is 9.78 Å². The molecule has 1 aliphatic rings. The number of ether oxygens (including phenoxy) is 1. The van der Waals surface area contributed by atoms with E-state index >= 15 is 0 Å². The van der Waals surface area contributed by atoms with Crippen LogP contribution in [0, 0.1) is 0 Å². The molecule has 1 saturated heterocycles. The molecule has 3 N–H and O–H groups in total. The molecule has 8 heteroatoms. The molecule has 1 fully saturated rings. The molecule has 1 aliphatic heterocycles. The highest BCUT2D eigenvalue weighted by Gasteiger charge is 2.23. The molecule has 0 amide bonds. The molecule has 188 valence electrons. The third-order valence-corrected chi connectivity index (χ3v) is 7.52. The van der Waals surface area contributed by atoms with E-state index < -0.39 is 5.97 Å². The van der Waals surface area contributed by atoms with E-state index in [9.17, 15) is 9.90 Å². The van der Waals surface area contributed by atoms with Gasteiger partial charge in [-0.15, -0.1) is 0 Å². The van der Waals surface area contributed by atoms with Gasteiger partial charge in [0.05, 0.1) is 41.5 Å². The van der Waals surface area contributed by atoms with Crippen LogP contribution in [0.2, 0.25) is 0 Å². The molecular weight excluding hydrogens is 478 g/mol. The number of nitrogens with zero attached hydrogens (tertiary/aromatic N) is 4. The number of hydrogen-bond donors (Lipinski definition) is 2. The first-order valence-electron chi connectivity index (χ1n) is 12.6. The molecule has 0 saturated carbocycles. The number of carbonyl (C=O) groups is 1. The van der Waals surface area contributed by atoms with Gasteiger partial charge in [0, 0.05) is 35.2 Å². The minimum atomic E-state index is -0.943. The lowest BCUT2D eigenvalue weighted by Crippen LogP contribution is -2.11. The Balaban J connectivity index is 1.42. The van der Waals surface area contributed by atoms with Crippen molar-refractivity contribution in [2.45, 2.75) is 19.0 Å². The Morgan fingerprint density at radius 2 is 1.95 bits per heavy atom. The van der Waals surface area contributed by atoms with Gasteiger partial charge in [-0.05, 0) is 53.3 Å². The van der Waals surface area contributed by atoms with Crippen LogP contribution in [0.15, 0.2) is 79.1 Å². The predicted molar refractivity (Wildman–Crippen MR) is 147 cm³/mol. The molecule has 0 aliphatic carbocycles. The first kappa shape index (κ1) is 22.5. The van der Waals surface area contributed by atoms with Crippen molar-refractivity contribution in [1.82, 2.24) is 19.3 Å². The Bertz CT molecular complexity index is 1860. The number of pyridine rings is 1. The minimum Gasteiger partial charge on any atom is -0.478 e. The predicted octanol–water partition coefficient (Wildman–Crippen LogP) is 5.50. The van der Waals surface area contributed by atoms with Gasteiger partial charge in [0.2, 0.25) is 0 Å². The van der Waals surface area contributed by atoms with Gasteiger partial charge in [-0.2, -0.15) is 5.10 Å². The largest absolute Gasteiger partial charge is 0.478 e. The maximum absolute atomic E-state index is 12.0. The van der Waals surface area contributed by atoms with E-state index in [1.165, 1.54) is 0 Å². The van der Waals surface area contributed by atoms with Gasteiger partial charge in [0.25, 0.3) is 0 Å². The Morgan fingerprint density at radius 3 is 2.79 bits per heavy atom. The number of aromatic carboxylic acids is 1. The summed E-state index contributed by atoms with van der Waals surface area (Å²) in [5, 5.41) is 18.8. The number of fused-ring (bicyclic) bond motifs is 3. The van der Waals surface area contributed by atoms with Crippen LogP contribution in [0.3, 0.4) is 0 Å². The Kier molecular flexibility index (Phi) is 5.16. The Morgan fingerprint density at radius 1 is 1.05 bits per heavy atom. The number of aromatic nitrogens is 4. The van der Waals surface area contributed by atoms with E-state index in [0.29, 0.717) is 24.5 Å². The highest BCUT2D eigenvalue weighted by Crippen LogP contribution is 2.35. The minimum absolute atomic E-state index is 0.163. The molecule has 6 aromatic rings. The van der Waals surface area contributed by atoms with Crippen molar-refractivity contribution in [1.29, 1.82) is 0 Å². The van der Waals surface area contributed by atoms with Crippen LogP contribution in [-0.4, -0.2) is 43.6 Å². The second-order valence-corrected chi connectivity index (χ2v) is 9.73. The van der Waals surface area contributed by atoms with Gasteiger partial charge in [0.15, 0.2) is 0 Å². The molecule has 0 bridgehead atoms. The zero-order chi connectivity index (χ0) is 25.8. The number of carboxylic acids is 1. The summed E-state index contributed by atoms with van der Waals surface area (Å²) in [6, 6.07) is 22.0. The number of anilines is 1. The summed E-state index contributed by atoms with van der Waals surface area (Å²) in [5.74, 6) is -0.435. The van der Waals surface area contributed by atoms with Crippen LogP contribution in [0.5, 0.6) is 0 Å². The lowest BCUT2D eigenvalue weighted by Gasteiger charge is -2.11. The van der Waals surface area contributed by atoms with E-state index in [-0.39, 0.29) is 11.6 Å². The van der Waals surface area contributed by atoms with Gasteiger partial charge in [-0.1, -0.05) is 36.4 Å². The lowest BCUT2D eigenvalue weighted by atomic mass is 9.97. The zero-order valence-electron chi connectivity index (χ0n) is 20.5. The van der Waals surface area contributed by atoms with Gasteiger partial charge >= 0.3 is 5.97 Å². The summed E-state index contributed by atoms with van der Waals surface area (Å²) in [4.78, 5) is 16.2. The monoisotopic (exact) mass is 503 g/mol. The molecule has 0 radical (unpaired) electrons. The fraction of sp³-hybridized carbons (Fsp3) is 0.167. The number of hydrogen-bond acceptors (Lipinski definition) is 5. The molecule has 1 atom stereocenters. The highest BCUT2D eigenvalue weighted by atomic mass is 16.5. The topological polar surface area (TPSA) is 108 Å². The van der Waals surface area contributed by atoms with Crippen LogP contribution in [0.25, 0.3) is 43.7 Å². The van der Waals surface area contributed by atoms with Crippen molar-refractivity contribution in [3.05, 3.63) is 90.4 Å². The van der Waals surface area contributed by atoms with Crippen molar-refractivity contribution >= 4 is 44.4 Å². The third-order valence-electron chi connectivity index (χ3n) is 7.52. The number of para-hydroxylation sites is 1. The van der Waals surface area contributed by atoms with E-state index in [1.807, 2.05) is 41.1 Å². The van der Waals surface area contributed by atoms with E-state index in [1.54, 1.807) is 18.3 Å². The first-order valence-corrected chi connectivity index (χ1v) is 12.6. The molecule has 38 heavy (non-hydrogen) atoms. The highest BCUT2D eigenvalue weighted by molar-refractivity contribution is 6.03. The summed E-state index contributed by atoms with van der Waals surface area (Å²) in [6.45, 7) is 1.79. The SMILES string of the molecule is Nc1nccc2c(-c3ccc4c(c3)c(Cn3ccc5cccc(C(=O)O)c53)nn4C3CCOC3)cccc12. The fourth-order valence-corrected chi connectivity index (χ4v) is 5.69. The summed E-state index contributed by atoms with van der Waals surface area (Å²) >= 11 is 0. The Labute approximate surface area is 217 Å². The molecular formula is C30H25N5O3. The van der Waals surface area contributed by atoms with Crippen molar-refractivity contribution < 1.29 is 14.6 Å². The van der Waals surface area contributed by atoms with E-state index in [2.05, 4.69) is 33.9 Å². The van der Waals surface area contributed by atoms with Crippen LogP contribution >= 0.6 is 0 Å². The Hall–Kier alpha value is -4.69. The number of nitrogens with two attached hydrogens (primary N) is 1. The summed E-state index contributed by atoms with van der Waals surface area (Å²) in [7, 11) is 0. The number of nitrogen functional groups attached to an aromatic ring is 1. The van der Waals surface area contributed by atoms with Crippen LogP contribution in [0.4, 0.5) is 5.82 Å². The summed E-state index contributed by atoms with van der Waals surface area (Å²) in [5.41, 5.74) is 11.2. The molecule has 1 unspecified atom stereocenters. The molecule has 8 nitrogen and oxygen atoms in total. The average Bonchev–Trinajstić information content (AvgIpc) is 3.68. The second-order valence-electron chi connectivity index (χ2n) is 9.73. The second kappa shape index (κ2) is 8.71. The van der Waals surface area contributed by atoms with Crippen molar-refractivity contribution in [2.75, 3.05) is 18.9 Å². The van der Waals surface area contributed by atoms with Crippen molar-refractivity contribution in [2.24, 2.45) is 0 Å². The standard InChI is InChI=1S/C30H25N5O3/c31-29-23-5-2-4-21(22(23)9-12-32-29)19-7-8-27-25(15-19)26(33-35(27)20-11-14-38-17-20)16-34-13-10-18-3-1-6-24(28(18)34)30(36)37/h1-10,12-13,15,20H,11,14,16-17H2,(H2,31,32)(H,36,37). The molecule has 7 rings (SSSR count). The molecule has 0 spiro atoms. The first-order chi connectivity index (χ1) is 18.6. The van der Waals surface area contributed by atoms with Crippen molar-refractivity contribution in [3.63, 3.8) is 0 Å². The van der Waals surface area contributed by atoms with Crippen LogP contribution < -0.4 is 5.73 Å². The van der Waals surface area contributed by atoms with E-state index in [0.717, 1.165) is 56.9 Å². The summed E-state index contributed by atoms with van der Waals surface area (Å²) in [6.07, 6.45) is 4.58. The normalized spacial score (nSPS) is 15.6. The number of benzene rings is 3. The zero-order valence-corrected chi connectivity index (χ0v) is 20.5. The molecule has 3 aromatic carbocycles. The van der Waals surface area contributed by atoms with Gasteiger partial charge < -0.3 is 20.1 Å². The van der Waals surface area contributed by atoms with Gasteiger partial charge in [-0.3, -0.25) is 4.68 Å². The van der Waals surface area contributed by atoms with Crippen LogP contribution in [0.1, 0.15) is 28.5 Å². The third kappa shape index (κ3) is 3.53. The molecule has 3 aromatic heterocycles. The maximum atomic E-state index is 12.0. The molecule has 4 heterocycles. The summed E-state index contributed by atoms with van der Waals surface area (Å²) < 4.78 is 9.74.